The molecule has 0 aromatic carbocycles. The van der Waals surface area contributed by atoms with E-state index < -0.39 is 0 Å². The highest BCUT2D eigenvalue weighted by Gasteiger charge is 2.31. The van der Waals surface area contributed by atoms with Gasteiger partial charge in [-0.25, -0.2) is 0 Å². The van der Waals surface area contributed by atoms with E-state index in [1.54, 1.807) is 0 Å². The van der Waals surface area contributed by atoms with Crippen LogP contribution in [0.5, 0.6) is 0 Å². The molecule has 1 heterocycles. The fraction of sp³-hybridized carbons (Fsp3) is 1.00. The Morgan fingerprint density at radius 3 is 2.62 bits per heavy atom. The lowest BCUT2D eigenvalue weighted by molar-refractivity contribution is 0.0755. The van der Waals surface area contributed by atoms with Gasteiger partial charge in [-0.1, -0.05) is 26.2 Å². The van der Waals surface area contributed by atoms with Gasteiger partial charge in [-0.05, 0) is 38.6 Å². The van der Waals surface area contributed by atoms with E-state index in [1.807, 2.05) is 0 Å². The third kappa shape index (κ3) is 2.98. The van der Waals surface area contributed by atoms with Crippen LogP contribution in [0.2, 0.25) is 0 Å². The number of hydrogen-bond acceptors (Lipinski definition) is 2. The van der Waals surface area contributed by atoms with Crippen LogP contribution in [-0.2, 0) is 0 Å². The summed E-state index contributed by atoms with van der Waals surface area (Å²) in [4.78, 5) is 2.76. The summed E-state index contributed by atoms with van der Waals surface area (Å²) in [6, 6.07) is 1.52. The number of hydrogen-bond donors (Lipinski definition) is 1. The molecule has 2 aliphatic rings. The van der Waals surface area contributed by atoms with Gasteiger partial charge in [0.05, 0.1) is 0 Å². The van der Waals surface area contributed by atoms with Gasteiger partial charge < -0.3 is 5.32 Å². The molecule has 0 spiro atoms. The molecule has 1 saturated carbocycles. The lowest BCUT2D eigenvalue weighted by Gasteiger charge is -2.44. The Balaban J connectivity index is 1.93. The topological polar surface area (TPSA) is 15.3 Å². The predicted octanol–water partition coefficient (Wildman–Crippen LogP) is 2.64. The molecule has 0 aromatic heterocycles. The molecule has 2 nitrogen and oxygen atoms in total. The molecule has 16 heavy (non-hydrogen) atoms. The first-order chi connectivity index (χ1) is 7.81. The summed E-state index contributed by atoms with van der Waals surface area (Å²) in [5, 5.41) is 3.68. The molecule has 0 aromatic rings. The molecule has 2 unspecified atom stereocenters. The zero-order valence-electron chi connectivity index (χ0n) is 11.0. The monoisotopic (exact) mass is 224 g/mol. The van der Waals surface area contributed by atoms with Crippen LogP contribution < -0.4 is 5.32 Å². The lowest BCUT2D eigenvalue weighted by atomic mass is 9.82. The van der Waals surface area contributed by atoms with Crippen LogP contribution in [0.15, 0.2) is 0 Å². The predicted molar refractivity (Wildman–Crippen MR) is 69.7 cm³/mol. The summed E-state index contributed by atoms with van der Waals surface area (Å²) < 4.78 is 0. The summed E-state index contributed by atoms with van der Waals surface area (Å²) in [7, 11) is 0. The zero-order chi connectivity index (χ0) is 11.4. The van der Waals surface area contributed by atoms with E-state index in [4.69, 9.17) is 0 Å². The van der Waals surface area contributed by atoms with Crippen molar-refractivity contribution < 1.29 is 0 Å². The van der Waals surface area contributed by atoms with Crippen molar-refractivity contribution >= 4 is 0 Å². The van der Waals surface area contributed by atoms with Gasteiger partial charge in [0.1, 0.15) is 0 Å². The van der Waals surface area contributed by atoms with E-state index in [-0.39, 0.29) is 0 Å². The van der Waals surface area contributed by atoms with Gasteiger partial charge in [-0.3, -0.25) is 4.90 Å². The quantitative estimate of drug-likeness (QED) is 0.793. The molecule has 1 aliphatic carbocycles. The number of piperazine rings is 1. The van der Waals surface area contributed by atoms with Crippen LogP contribution in [0, 0.1) is 5.92 Å². The van der Waals surface area contributed by atoms with Crippen molar-refractivity contribution in [2.45, 2.75) is 64.5 Å². The maximum atomic E-state index is 3.68. The summed E-state index contributed by atoms with van der Waals surface area (Å²) in [6.45, 7) is 8.42. The maximum absolute atomic E-state index is 3.68. The Kier molecular flexibility index (Phi) is 4.66. The second kappa shape index (κ2) is 6.02. The second-order valence-electron chi connectivity index (χ2n) is 5.77. The Morgan fingerprint density at radius 2 is 1.94 bits per heavy atom. The minimum absolute atomic E-state index is 0.686. The largest absolute Gasteiger partial charge is 0.311 e. The zero-order valence-corrected chi connectivity index (χ0v) is 11.0. The Hall–Kier alpha value is -0.0800. The van der Waals surface area contributed by atoms with E-state index in [2.05, 4.69) is 24.1 Å². The number of rotatable bonds is 3. The highest BCUT2D eigenvalue weighted by molar-refractivity contribution is 4.89. The van der Waals surface area contributed by atoms with Crippen molar-refractivity contribution in [1.82, 2.24) is 10.2 Å². The average Bonchev–Trinajstić information content (AvgIpc) is 2.31. The molecular formula is C14H28N2. The maximum Gasteiger partial charge on any atom is 0.0249 e. The minimum Gasteiger partial charge on any atom is -0.311 e. The fourth-order valence-electron chi connectivity index (χ4n) is 3.53. The summed E-state index contributed by atoms with van der Waals surface area (Å²) in [5.41, 5.74) is 0. The molecule has 94 valence electrons. The van der Waals surface area contributed by atoms with Crippen LogP contribution in [0.25, 0.3) is 0 Å². The lowest BCUT2D eigenvalue weighted by Crippen LogP contribution is -2.58. The van der Waals surface area contributed by atoms with E-state index in [1.165, 1.54) is 58.2 Å². The molecule has 1 N–H and O–H groups in total. The van der Waals surface area contributed by atoms with Crippen LogP contribution in [-0.4, -0.2) is 36.6 Å². The van der Waals surface area contributed by atoms with E-state index in [9.17, 15) is 0 Å². The molecular weight excluding hydrogens is 196 g/mol. The van der Waals surface area contributed by atoms with E-state index >= 15 is 0 Å². The summed E-state index contributed by atoms with van der Waals surface area (Å²) in [6.07, 6.45) is 8.66. The highest BCUT2D eigenvalue weighted by atomic mass is 15.2. The molecule has 2 fully saturated rings. The van der Waals surface area contributed by atoms with Gasteiger partial charge in [0.2, 0.25) is 0 Å². The molecule has 1 saturated heterocycles. The first kappa shape index (κ1) is 12.4. The van der Waals surface area contributed by atoms with Crippen molar-refractivity contribution in [3.63, 3.8) is 0 Å². The Labute approximate surface area is 101 Å². The van der Waals surface area contributed by atoms with Crippen LogP contribution in [0.3, 0.4) is 0 Å². The average molecular weight is 224 g/mol. The van der Waals surface area contributed by atoms with Gasteiger partial charge in [-0.15, -0.1) is 0 Å². The van der Waals surface area contributed by atoms with Gasteiger partial charge >= 0.3 is 0 Å². The molecule has 2 rings (SSSR count). The minimum atomic E-state index is 0.686. The molecule has 0 bridgehead atoms. The molecule has 2 heteroatoms. The van der Waals surface area contributed by atoms with E-state index in [0.29, 0.717) is 6.04 Å². The fourth-order valence-corrected chi connectivity index (χ4v) is 3.53. The third-order valence-corrected chi connectivity index (χ3v) is 4.36. The standard InChI is InChI=1S/C14H28N2/c1-3-9-16-11-12(2)15-10-14(16)13-7-5-4-6-8-13/h12-15H,3-11H2,1-2H3. The van der Waals surface area contributed by atoms with Crippen molar-refractivity contribution in [2.24, 2.45) is 5.92 Å². The van der Waals surface area contributed by atoms with Crippen molar-refractivity contribution in [3.8, 4) is 0 Å². The van der Waals surface area contributed by atoms with Gasteiger partial charge in [0.25, 0.3) is 0 Å². The smallest absolute Gasteiger partial charge is 0.0249 e. The van der Waals surface area contributed by atoms with Crippen molar-refractivity contribution in [3.05, 3.63) is 0 Å². The van der Waals surface area contributed by atoms with Crippen LogP contribution >= 0.6 is 0 Å². The summed E-state index contributed by atoms with van der Waals surface area (Å²) in [5.74, 6) is 0.972. The Morgan fingerprint density at radius 1 is 1.19 bits per heavy atom. The first-order valence-electron chi connectivity index (χ1n) is 7.28. The number of nitrogens with one attached hydrogen (secondary N) is 1. The van der Waals surface area contributed by atoms with Crippen molar-refractivity contribution in [2.75, 3.05) is 19.6 Å². The van der Waals surface area contributed by atoms with Crippen LogP contribution in [0.1, 0.15) is 52.4 Å². The van der Waals surface area contributed by atoms with E-state index in [0.717, 1.165) is 12.0 Å². The van der Waals surface area contributed by atoms with Gasteiger partial charge in [-0.2, -0.15) is 0 Å². The third-order valence-electron chi connectivity index (χ3n) is 4.36. The first-order valence-corrected chi connectivity index (χ1v) is 7.28. The summed E-state index contributed by atoms with van der Waals surface area (Å²) >= 11 is 0. The van der Waals surface area contributed by atoms with Crippen LogP contribution in [0.4, 0.5) is 0 Å². The SMILES string of the molecule is CCCN1CC(C)NCC1C1CCCCC1. The molecule has 2 atom stereocenters. The Bertz CT molecular complexity index is 199. The molecule has 0 radical (unpaired) electrons. The normalized spacial score (nSPS) is 34.1. The molecule has 1 aliphatic heterocycles. The molecule has 0 amide bonds. The highest BCUT2D eigenvalue weighted by Crippen LogP contribution is 2.30. The second-order valence-corrected chi connectivity index (χ2v) is 5.77. The number of nitrogens with zero attached hydrogens (tertiary/aromatic N) is 1. The van der Waals surface area contributed by atoms with Gasteiger partial charge in [0, 0.05) is 25.2 Å². The van der Waals surface area contributed by atoms with Gasteiger partial charge in [0.15, 0.2) is 0 Å². The van der Waals surface area contributed by atoms with Crippen molar-refractivity contribution in [1.29, 1.82) is 0 Å².